The summed E-state index contributed by atoms with van der Waals surface area (Å²) in [6.45, 7) is 1.97. The summed E-state index contributed by atoms with van der Waals surface area (Å²) in [6, 6.07) is 10.3. The second kappa shape index (κ2) is 11.0. The van der Waals surface area contributed by atoms with Crippen molar-refractivity contribution in [2.75, 3.05) is 40.8 Å². The molecule has 0 aromatic heterocycles. The van der Waals surface area contributed by atoms with Gasteiger partial charge in [0.1, 0.15) is 17.5 Å². The molecule has 0 radical (unpaired) electrons. The Labute approximate surface area is 188 Å². The first-order valence-corrected chi connectivity index (χ1v) is 11.0. The van der Waals surface area contributed by atoms with Crippen molar-refractivity contribution in [2.24, 2.45) is 5.92 Å². The Morgan fingerprint density at radius 1 is 1.00 bits per heavy atom. The third-order valence-electron chi connectivity index (χ3n) is 6.32. The second-order valence-corrected chi connectivity index (χ2v) is 8.95. The number of carbonyl (C=O) groups is 1. The van der Waals surface area contributed by atoms with Crippen LogP contribution in [0.3, 0.4) is 0 Å². The third kappa shape index (κ3) is 6.33. The summed E-state index contributed by atoms with van der Waals surface area (Å²) in [6.07, 6.45) is 2.28. The highest BCUT2D eigenvalue weighted by Gasteiger charge is 2.32. The molecular weight excluding hydrogens is 415 g/mol. The van der Waals surface area contributed by atoms with Crippen LogP contribution in [0.25, 0.3) is 0 Å². The van der Waals surface area contributed by atoms with E-state index in [0.717, 1.165) is 18.4 Å². The van der Waals surface area contributed by atoms with Crippen LogP contribution >= 0.6 is 0 Å². The van der Waals surface area contributed by atoms with Gasteiger partial charge in [-0.2, -0.15) is 0 Å². The number of nitrogens with zero attached hydrogens (tertiary/aromatic N) is 3. The SMILES string of the molecule is CN(C)CC(=O)N(C)[C@@H](Cc1ccc(F)cc1)C1CCN(Cc2c(F)cccc2F)CC1. The molecule has 0 aliphatic carbocycles. The van der Waals surface area contributed by atoms with Crippen LogP contribution < -0.4 is 0 Å². The van der Waals surface area contributed by atoms with Gasteiger partial charge in [-0.3, -0.25) is 9.69 Å². The van der Waals surface area contributed by atoms with Gasteiger partial charge in [-0.25, -0.2) is 13.2 Å². The van der Waals surface area contributed by atoms with E-state index in [1.165, 1.54) is 30.3 Å². The number of hydrogen-bond acceptors (Lipinski definition) is 3. The fourth-order valence-electron chi connectivity index (χ4n) is 4.45. The molecule has 1 aliphatic heterocycles. The van der Waals surface area contributed by atoms with Crippen molar-refractivity contribution >= 4 is 5.91 Å². The molecule has 1 aliphatic rings. The lowest BCUT2D eigenvalue weighted by Crippen LogP contribution is -2.49. The molecule has 0 bridgehead atoms. The lowest BCUT2D eigenvalue weighted by Gasteiger charge is -2.40. The Morgan fingerprint density at radius 3 is 2.16 bits per heavy atom. The van der Waals surface area contributed by atoms with Crippen LogP contribution in [0.5, 0.6) is 0 Å². The van der Waals surface area contributed by atoms with Gasteiger partial charge < -0.3 is 9.80 Å². The maximum atomic E-state index is 14.0. The quantitative estimate of drug-likeness (QED) is 0.613. The molecule has 1 atom stereocenters. The molecule has 2 aromatic carbocycles. The standard InChI is InChI=1S/C25H32F3N3O/c1-29(2)17-25(32)30(3)24(15-18-7-9-20(26)10-8-18)19-11-13-31(14-12-19)16-21-22(27)5-4-6-23(21)28/h4-10,19,24H,11-17H2,1-3H3/t24-/m0/s1. The van der Waals surface area contributed by atoms with E-state index in [-0.39, 0.29) is 35.8 Å². The molecule has 1 fully saturated rings. The molecule has 0 saturated carbocycles. The maximum absolute atomic E-state index is 14.0. The Balaban J connectivity index is 1.69. The molecule has 1 saturated heterocycles. The van der Waals surface area contributed by atoms with Crippen LogP contribution in [0.2, 0.25) is 0 Å². The first-order valence-electron chi connectivity index (χ1n) is 11.0. The largest absolute Gasteiger partial charge is 0.341 e. The summed E-state index contributed by atoms with van der Waals surface area (Å²) in [4.78, 5) is 18.5. The van der Waals surface area contributed by atoms with Gasteiger partial charge in [0.25, 0.3) is 0 Å². The first-order chi connectivity index (χ1) is 15.2. The van der Waals surface area contributed by atoms with Gasteiger partial charge in [-0.15, -0.1) is 0 Å². The third-order valence-corrected chi connectivity index (χ3v) is 6.32. The molecule has 174 valence electrons. The number of benzene rings is 2. The van der Waals surface area contributed by atoms with Crippen molar-refractivity contribution in [1.29, 1.82) is 0 Å². The molecule has 0 unspecified atom stereocenters. The van der Waals surface area contributed by atoms with E-state index in [0.29, 0.717) is 26.1 Å². The van der Waals surface area contributed by atoms with Gasteiger partial charge in [-0.05, 0) is 82.2 Å². The number of rotatable bonds is 8. The molecule has 1 amide bonds. The number of piperidine rings is 1. The zero-order valence-corrected chi connectivity index (χ0v) is 19.0. The first kappa shape index (κ1) is 24.3. The molecule has 3 rings (SSSR count). The van der Waals surface area contributed by atoms with E-state index >= 15 is 0 Å². The van der Waals surface area contributed by atoms with Crippen molar-refractivity contribution in [3.63, 3.8) is 0 Å². The van der Waals surface area contributed by atoms with E-state index in [2.05, 4.69) is 4.90 Å². The van der Waals surface area contributed by atoms with E-state index in [1.807, 2.05) is 30.9 Å². The molecule has 7 heteroatoms. The molecule has 1 heterocycles. The summed E-state index contributed by atoms with van der Waals surface area (Å²) >= 11 is 0. The van der Waals surface area contributed by atoms with E-state index in [9.17, 15) is 18.0 Å². The van der Waals surface area contributed by atoms with Gasteiger partial charge in [-0.1, -0.05) is 18.2 Å². The molecule has 0 spiro atoms. The number of hydrogen-bond donors (Lipinski definition) is 0. The number of amides is 1. The van der Waals surface area contributed by atoms with E-state index in [4.69, 9.17) is 0 Å². The molecule has 0 N–H and O–H groups in total. The summed E-state index contributed by atoms with van der Waals surface area (Å²) in [5.41, 5.74) is 1.09. The van der Waals surface area contributed by atoms with Gasteiger partial charge in [0, 0.05) is 25.2 Å². The topological polar surface area (TPSA) is 26.8 Å². The van der Waals surface area contributed by atoms with Crippen LogP contribution in [0, 0.1) is 23.4 Å². The van der Waals surface area contributed by atoms with Crippen molar-refractivity contribution < 1.29 is 18.0 Å². The smallest absolute Gasteiger partial charge is 0.236 e. The molecule has 2 aromatic rings. The second-order valence-electron chi connectivity index (χ2n) is 8.95. The predicted octanol–water partition coefficient (Wildman–Crippen LogP) is 3.95. The van der Waals surface area contributed by atoms with Crippen molar-refractivity contribution in [1.82, 2.24) is 14.7 Å². The number of likely N-dealkylation sites (N-methyl/N-ethyl adjacent to an activating group) is 2. The highest BCUT2D eigenvalue weighted by atomic mass is 19.1. The number of likely N-dealkylation sites (tertiary alicyclic amines) is 1. The van der Waals surface area contributed by atoms with Crippen molar-refractivity contribution in [2.45, 2.75) is 31.8 Å². The van der Waals surface area contributed by atoms with Crippen LogP contribution in [0.1, 0.15) is 24.0 Å². The highest BCUT2D eigenvalue weighted by molar-refractivity contribution is 5.78. The van der Waals surface area contributed by atoms with Gasteiger partial charge in [0.15, 0.2) is 0 Å². The average molecular weight is 448 g/mol. The van der Waals surface area contributed by atoms with Crippen molar-refractivity contribution in [3.05, 3.63) is 71.0 Å². The van der Waals surface area contributed by atoms with Crippen LogP contribution in [0.4, 0.5) is 13.2 Å². The van der Waals surface area contributed by atoms with Crippen LogP contribution in [-0.2, 0) is 17.8 Å². The minimum absolute atomic E-state index is 0.0275. The zero-order valence-electron chi connectivity index (χ0n) is 19.0. The fourth-order valence-corrected chi connectivity index (χ4v) is 4.45. The van der Waals surface area contributed by atoms with E-state index < -0.39 is 11.6 Å². The Kier molecular flexibility index (Phi) is 8.32. The summed E-state index contributed by atoms with van der Waals surface area (Å²) in [5, 5.41) is 0. The lowest BCUT2D eigenvalue weighted by atomic mass is 9.84. The molecule has 32 heavy (non-hydrogen) atoms. The van der Waals surface area contributed by atoms with Gasteiger partial charge in [0.2, 0.25) is 5.91 Å². The normalized spacial score (nSPS) is 16.3. The summed E-state index contributed by atoms with van der Waals surface area (Å²) in [7, 11) is 5.56. The summed E-state index contributed by atoms with van der Waals surface area (Å²) in [5.74, 6) is -1.03. The van der Waals surface area contributed by atoms with Crippen molar-refractivity contribution in [3.8, 4) is 0 Å². The zero-order chi connectivity index (χ0) is 23.3. The monoisotopic (exact) mass is 447 g/mol. The minimum atomic E-state index is -0.518. The van der Waals surface area contributed by atoms with E-state index in [1.54, 1.807) is 12.1 Å². The minimum Gasteiger partial charge on any atom is -0.341 e. The number of halogens is 3. The van der Waals surface area contributed by atoms with Gasteiger partial charge >= 0.3 is 0 Å². The fraction of sp³-hybridized carbons (Fsp3) is 0.480. The Hall–Kier alpha value is -2.38. The lowest BCUT2D eigenvalue weighted by molar-refractivity contribution is -0.134. The highest BCUT2D eigenvalue weighted by Crippen LogP contribution is 2.28. The molecule has 4 nitrogen and oxygen atoms in total. The Bertz CT molecular complexity index is 876. The van der Waals surface area contributed by atoms with Crippen LogP contribution in [0.15, 0.2) is 42.5 Å². The average Bonchev–Trinajstić information content (AvgIpc) is 2.75. The number of carbonyl (C=O) groups excluding carboxylic acids is 1. The maximum Gasteiger partial charge on any atom is 0.236 e. The summed E-state index contributed by atoms with van der Waals surface area (Å²) < 4.78 is 41.4. The van der Waals surface area contributed by atoms with Gasteiger partial charge in [0.05, 0.1) is 6.54 Å². The predicted molar refractivity (Wildman–Crippen MR) is 120 cm³/mol. The van der Waals surface area contributed by atoms with Crippen LogP contribution in [-0.4, -0.2) is 67.4 Å². The Morgan fingerprint density at radius 2 is 1.59 bits per heavy atom. The molecular formula is C25H32F3N3O.